The molecule has 0 aliphatic heterocycles. The molecule has 2 N–H and O–H groups in total. The third-order valence-electron chi connectivity index (χ3n) is 3.12. The van der Waals surface area contributed by atoms with Gasteiger partial charge in [-0.15, -0.1) is 0 Å². The Labute approximate surface area is 100 Å². The van der Waals surface area contributed by atoms with Crippen LogP contribution in [-0.2, 0) is 11.8 Å². The van der Waals surface area contributed by atoms with Gasteiger partial charge in [-0.3, -0.25) is 0 Å². The van der Waals surface area contributed by atoms with Gasteiger partial charge >= 0.3 is 0 Å². The molecular formula is C15H25N. The number of benzene rings is 1. The van der Waals surface area contributed by atoms with Crippen LogP contribution >= 0.6 is 0 Å². The molecule has 1 rings (SSSR count). The maximum Gasteiger partial charge on any atom is -0.00772 e. The molecule has 0 aliphatic carbocycles. The topological polar surface area (TPSA) is 26.0 Å². The minimum atomic E-state index is 0.246. The molecule has 90 valence electrons. The van der Waals surface area contributed by atoms with Crippen molar-refractivity contribution in [3.63, 3.8) is 0 Å². The highest BCUT2D eigenvalue weighted by Crippen LogP contribution is 2.25. The summed E-state index contributed by atoms with van der Waals surface area (Å²) in [4.78, 5) is 0. The van der Waals surface area contributed by atoms with Gasteiger partial charge in [0, 0.05) is 0 Å². The zero-order valence-corrected chi connectivity index (χ0v) is 11.1. The number of unbranched alkanes of at least 4 members (excludes halogenated alkanes) is 1. The van der Waals surface area contributed by atoms with Crippen molar-refractivity contribution in [2.24, 2.45) is 5.73 Å². The lowest BCUT2D eigenvalue weighted by Crippen LogP contribution is -2.11. The molecule has 0 bridgehead atoms. The van der Waals surface area contributed by atoms with Crippen LogP contribution in [0.5, 0.6) is 0 Å². The van der Waals surface area contributed by atoms with Crippen molar-refractivity contribution < 1.29 is 0 Å². The molecule has 16 heavy (non-hydrogen) atoms. The number of hydrogen-bond donors (Lipinski definition) is 1. The zero-order valence-electron chi connectivity index (χ0n) is 11.1. The molecule has 0 atom stereocenters. The summed E-state index contributed by atoms with van der Waals surface area (Å²) < 4.78 is 0. The zero-order chi connectivity index (χ0) is 12.2. The van der Waals surface area contributed by atoms with Gasteiger partial charge in [0.2, 0.25) is 0 Å². The summed E-state index contributed by atoms with van der Waals surface area (Å²) in [6, 6.07) is 6.87. The van der Waals surface area contributed by atoms with Crippen LogP contribution in [0.2, 0.25) is 0 Å². The first-order valence-electron chi connectivity index (χ1n) is 6.25. The van der Waals surface area contributed by atoms with Crippen molar-refractivity contribution in [2.45, 2.75) is 52.4 Å². The normalized spacial score (nSPS) is 11.8. The molecule has 0 unspecified atom stereocenters. The van der Waals surface area contributed by atoms with E-state index in [2.05, 4.69) is 45.9 Å². The Balaban J connectivity index is 2.83. The van der Waals surface area contributed by atoms with Gasteiger partial charge in [0.15, 0.2) is 0 Å². The van der Waals surface area contributed by atoms with E-state index in [9.17, 15) is 0 Å². The van der Waals surface area contributed by atoms with E-state index in [4.69, 9.17) is 5.73 Å². The minimum Gasteiger partial charge on any atom is -0.330 e. The molecule has 0 saturated heterocycles. The SMILES string of the molecule is Cc1ccc(C(C)(C)C)cc1CCCCN. The largest absolute Gasteiger partial charge is 0.330 e. The lowest BCUT2D eigenvalue weighted by atomic mass is 9.84. The van der Waals surface area contributed by atoms with Gasteiger partial charge in [-0.2, -0.15) is 0 Å². The number of nitrogens with two attached hydrogens (primary N) is 1. The molecule has 0 fully saturated rings. The van der Waals surface area contributed by atoms with Crippen LogP contribution in [0.25, 0.3) is 0 Å². The van der Waals surface area contributed by atoms with Gasteiger partial charge < -0.3 is 5.73 Å². The molecule has 0 aromatic heterocycles. The Morgan fingerprint density at radius 1 is 1.12 bits per heavy atom. The van der Waals surface area contributed by atoms with Gasteiger partial charge in [-0.1, -0.05) is 39.0 Å². The summed E-state index contributed by atoms with van der Waals surface area (Å²) in [5.41, 5.74) is 10.1. The average molecular weight is 219 g/mol. The second kappa shape index (κ2) is 5.49. The molecule has 0 aliphatic rings. The highest BCUT2D eigenvalue weighted by atomic mass is 14.5. The van der Waals surface area contributed by atoms with E-state index in [1.807, 2.05) is 0 Å². The predicted molar refractivity (Wildman–Crippen MR) is 71.9 cm³/mol. The first-order valence-corrected chi connectivity index (χ1v) is 6.25. The Morgan fingerprint density at radius 2 is 1.81 bits per heavy atom. The predicted octanol–water partition coefficient (Wildman–Crippen LogP) is 3.57. The van der Waals surface area contributed by atoms with E-state index in [0.29, 0.717) is 0 Å². The average Bonchev–Trinajstić information content (AvgIpc) is 2.19. The van der Waals surface area contributed by atoms with Crippen LogP contribution in [0.3, 0.4) is 0 Å². The molecule has 1 nitrogen and oxygen atoms in total. The molecule has 0 heterocycles. The lowest BCUT2D eigenvalue weighted by Gasteiger charge is -2.20. The summed E-state index contributed by atoms with van der Waals surface area (Å²) in [6.45, 7) is 9.80. The monoisotopic (exact) mass is 219 g/mol. The quantitative estimate of drug-likeness (QED) is 0.770. The molecule has 1 heteroatoms. The first kappa shape index (κ1) is 13.2. The van der Waals surface area contributed by atoms with E-state index < -0.39 is 0 Å². The van der Waals surface area contributed by atoms with Crippen LogP contribution in [0.4, 0.5) is 0 Å². The van der Waals surface area contributed by atoms with Gasteiger partial charge in [0.1, 0.15) is 0 Å². The third-order valence-corrected chi connectivity index (χ3v) is 3.12. The van der Waals surface area contributed by atoms with Crippen LogP contribution < -0.4 is 5.73 Å². The van der Waals surface area contributed by atoms with Crippen LogP contribution in [0.15, 0.2) is 18.2 Å². The Hall–Kier alpha value is -0.820. The van der Waals surface area contributed by atoms with Crippen molar-refractivity contribution in [1.29, 1.82) is 0 Å². The van der Waals surface area contributed by atoms with Crippen molar-refractivity contribution >= 4 is 0 Å². The van der Waals surface area contributed by atoms with Crippen molar-refractivity contribution in [3.05, 3.63) is 34.9 Å². The third kappa shape index (κ3) is 3.64. The Morgan fingerprint density at radius 3 is 2.38 bits per heavy atom. The van der Waals surface area contributed by atoms with E-state index in [0.717, 1.165) is 19.4 Å². The molecule has 0 saturated carbocycles. The fourth-order valence-corrected chi connectivity index (χ4v) is 1.87. The Bertz CT molecular complexity index is 334. The van der Waals surface area contributed by atoms with Crippen LogP contribution in [0, 0.1) is 6.92 Å². The van der Waals surface area contributed by atoms with E-state index in [1.54, 1.807) is 0 Å². The molecule has 0 spiro atoms. The van der Waals surface area contributed by atoms with Crippen molar-refractivity contribution in [2.75, 3.05) is 6.54 Å². The molecular weight excluding hydrogens is 194 g/mol. The fourth-order valence-electron chi connectivity index (χ4n) is 1.87. The maximum atomic E-state index is 5.53. The summed E-state index contributed by atoms with van der Waals surface area (Å²) in [6.07, 6.45) is 3.48. The minimum absolute atomic E-state index is 0.246. The van der Waals surface area contributed by atoms with Crippen LogP contribution in [-0.4, -0.2) is 6.54 Å². The molecule has 0 amide bonds. The maximum absolute atomic E-state index is 5.53. The highest BCUT2D eigenvalue weighted by molar-refractivity contribution is 5.34. The Kier molecular flexibility index (Phi) is 4.55. The van der Waals surface area contributed by atoms with Crippen molar-refractivity contribution in [3.8, 4) is 0 Å². The standard InChI is InChI=1S/C15H25N/c1-12-8-9-14(15(2,3)4)11-13(12)7-5-6-10-16/h8-9,11H,5-7,10,16H2,1-4H3. The van der Waals surface area contributed by atoms with Gasteiger partial charge in [0.05, 0.1) is 0 Å². The molecule has 1 aromatic rings. The second-order valence-electron chi connectivity index (χ2n) is 5.64. The van der Waals surface area contributed by atoms with Gasteiger partial charge in [-0.25, -0.2) is 0 Å². The summed E-state index contributed by atoms with van der Waals surface area (Å²) in [5, 5.41) is 0. The summed E-state index contributed by atoms with van der Waals surface area (Å²) in [5.74, 6) is 0. The highest BCUT2D eigenvalue weighted by Gasteiger charge is 2.14. The second-order valence-corrected chi connectivity index (χ2v) is 5.64. The van der Waals surface area contributed by atoms with Crippen LogP contribution in [0.1, 0.15) is 50.3 Å². The van der Waals surface area contributed by atoms with Gasteiger partial charge in [0.25, 0.3) is 0 Å². The summed E-state index contributed by atoms with van der Waals surface area (Å²) >= 11 is 0. The van der Waals surface area contributed by atoms with E-state index in [-0.39, 0.29) is 5.41 Å². The van der Waals surface area contributed by atoms with E-state index in [1.165, 1.54) is 23.1 Å². The number of hydrogen-bond acceptors (Lipinski definition) is 1. The molecule has 1 aromatic carbocycles. The summed E-state index contributed by atoms with van der Waals surface area (Å²) in [7, 11) is 0. The van der Waals surface area contributed by atoms with Crippen molar-refractivity contribution in [1.82, 2.24) is 0 Å². The number of rotatable bonds is 4. The first-order chi connectivity index (χ1) is 7.45. The van der Waals surface area contributed by atoms with Gasteiger partial charge in [-0.05, 0) is 54.8 Å². The smallest absolute Gasteiger partial charge is 0.00772 e. The van der Waals surface area contributed by atoms with E-state index >= 15 is 0 Å². The lowest BCUT2D eigenvalue weighted by molar-refractivity contribution is 0.588. The fraction of sp³-hybridized carbons (Fsp3) is 0.600. The molecule has 0 radical (unpaired) electrons. The number of aryl methyl sites for hydroxylation is 2.